The molecule has 1 heterocycles. The number of H-pyrrole nitrogens is 1. The molecule has 0 saturated carbocycles. The molecule has 178 valence electrons. The minimum absolute atomic E-state index is 0.0294. The fourth-order valence-electron chi connectivity index (χ4n) is 4.57. The van der Waals surface area contributed by atoms with Gasteiger partial charge < -0.3 is 20.1 Å². The van der Waals surface area contributed by atoms with Crippen molar-refractivity contribution in [3.8, 4) is 11.5 Å². The number of fused-ring (bicyclic) bond motifs is 1. The molecule has 3 rings (SSSR count). The molecule has 2 unspecified atom stereocenters. The van der Waals surface area contributed by atoms with Crippen LogP contribution in [0.15, 0.2) is 24.8 Å². The lowest BCUT2D eigenvalue weighted by atomic mass is 9.72. The maximum atomic E-state index is 10.7. The van der Waals surface area contributed by atoms with Gasteiger partial charge in [0.25, 0.3) is 0 Å². The second kappa shape index (κ2) is 13.2. The van der Waals surface area contributed by atoms with Gasteiger partial charge >= 0.3 is 0 Å². The van der Waals surface area contributed by atoms with E-state index in [4.69, 9.17) is 0 Å². The normalized spacial score (nSPS) is 17.3. The van der Waals surface area contributed by atoms with Crippen LogP contribution in [0.5, 0.6) is 11.5 Å². The van der Waals surface area contributed by atoms with Gasteiger partial charge in [-0.05, 0) is 75.4 Å². The number of hydrogen-bond donors (Lipinski definition) is 3. The van der Waals surface area contributed by atoms with E-state index in [-0.39, 0.29) is 17.4 Å². The van der Waals surface area contributed by atoms with E-state index in [1.807, 2.05) is 53.7 Å². The third-order valence-corrected chi connectivity index (χ3v) is 6.13. The molecule has 2 aromatic rings. The number of phenols is 2. The zero-order chi connectivity index (χ0) is 24.4. The second-order valence-corrected chi connectivity index (χ2v) is 7.91. The molecule has 0 fully saturated rings. The lowest BCUT2D eigenvalue weighted by Gasteiger charge is -2.36. The minimum Gasteiger partial charge on any atom is -0.504 e. The monoisotopic (exact) mass is 440 g/mol. The topological polar surface area (TPSA) is 59.5 Å². The maximum Gasteiger partial charge on any atom is 0.161 e. The Labute approximate surface area is 195 Å². The molecule has 0 saturated heterocycles. The molecule has 1 aromatic carbocycles. The van der Waals surface area contributed by atoms with Gasteiger partial charge in [0, 0.05) is 29.1 Å². The fourth-order valence-corrected chi connectivity index (χ4v) is 4.57. The summed E-state index contributed by atoms with van der Waals surface area (Å²) in [5, 5.41) is 20.8. The van der Waals surface area contributed by atoms with E-state index in [0.29, 0.717) is 5.92 Å². The van der Waals surface area contributed by atoms with Crippen molar-refractivity contribution < 1.29 is 10.2 Å². The Morgan fingerprint density at radius 1 is 1.16 bits per heavy atom. The van der Waals surface area contributed by atoms with Crippen molar-refractivity contribution in [2.45, 2.75) is 67.2 Å². The molecule has 0 aliphatic heterocycles. The maximum absolute atomic E-state index is 10.7. The molecule has 1 aliphatic rings. The SMILES string of the molecule is C=Cc1[nH]c2c(c1/C=C\C)CC(CN(C)CC)C(c1c(C)ccc(O)c1O)C2.CC.CC. The van der Waals surface area contributed by atoms with Gasteiger partial charge in [-0.2, -0.15) is 0 Å². The third kappa shape index (κ3) is 5.86. The van der Waals surface area contributed by atoms with Gasteiger partial charge in [-0.15, -0.1) is 0 Å². The van der Waals surface area contributed by atoms with E-state index in [0.717, 1.165) is 42.8 Å². The average molecular weight is 441 g/mol. The van der Waals surface area contributed by atoms with Gasteiger partial charge in [0.1, 0.15) is 0 Å². The highest BCUT2D eigenvalue weighted by molar-refractivity contribution is 5.67. The molecule has 1 aliphatic carbocycles. The van der Waals surface area contributed by atoms with Crippen molar-refractivity contribution in [1.29, 1.82) is 0 Å². The van der Waals surface area contributed by atoms with Gasteiger partial charge in [-0.1, -0.05) is 59.4 Å². The lowest BCUT2D eigenvalue weighted by molar-refractivity contribution is 0.246. The Balaban J connectivity index is 0.00000121. The van der Waals surface area contributed by atoms with Gasteiger partial charge in [-0.3, -0.25) is 0 Å². The van der Waals surface area contributed by atoms with Crippen LogP contribution in [0.3, 0.4) is 0 Å². The zero-order valence-corrected chi connectivity index (χ0v) is 21.4. The van der Waals surface area contributed by atoms with Crippen molar-refractivity contribution in [2.75, 3.05) is 20.1 Å². The van der Waals surface area contributed by atoms with E-state index in [2.05, 4.69) is 42.6 Å². The van der Waals surface area contributed by atoms with E-state index in [9.17, 15) is 10.2 Å². The Bertz CT molecular complexity index is 895. The molecular formula is C28H44N2O2. The first-order valence-electron chi connectivity index (χ1n) is 12.1. The first-order chi connectivity index (χ1) is 15.4. The highest BCUT2D eigenvalue weighted by Crippen LogP contribution is 2.46. The van der Waals surface area contributed by atoms with Gasteiger partial charge in [-0.25, -0.2) is 0 Å². The lowest BCUT2D eigenvalue weighted by Crippen LogP contribution is -2.34. The molecule has 2 atom stereocenters. The quantitative estimate of drug-likeness (QED) is 0.428. The minimum atomic E-state index is -0.0399. The van der Waals surface area contributed by atoms with Crippen LogP contribution in [0.4, 0.5) is 0 Å². The number of nitrogens with zero attached hydrogens (tertiary/aromatic N) is 1. The van der Waals surface area contributed by atoms with Crippen LogP contribution in [0.25, 0.3) is 12.2 Å². The zero-order valence-electron chi connectivity index (χ0n) is 21.4. The van der Waals surface area contributed by atoms with Crippen LogP contribution in [0.2, 0.25) is 0 Å². The van der Waals surface area contributed by atoms with Gasteiger partial charge in [0.05, 0.1) is 0 Å². The standard InChI is InChI=1S/C24H32N2O2.2C2H6/c1-6-9-17-19-12-16(14-26(5)8-3)18(13-21(19)25-20(17)7-2)23-15(4)10-11-22(27)24(23)28;2*1-2/h6-7,9-11,16,18,25,27-28H,2,8,12-14H2,1,3-5H3;2*1-2H3/b9-6-;;. The number of aryl methyl sites for hydroxylation is 1. The van der Waals surface area contributed by atoms with E-state index < -0.39 is 0 Å². The number of rotatable bonds is 6. The van der Waals surface area contributed by atoms with Crippen molar-refractivity contribution in [3.63, 3.8) is 0 Å². The number of aromatic hydroxyl groups is 2. The summed E-state index contributed by atoms with van der Waals surface area (Å²) in [7, 11) is 2.14. The number of aromatic amines is 1. The molecule has 0 bridgehead atoms. The molecule has 1 aromatic heterocycles. The molecular weight excluding hydrogens is 396 g/mol. The summed E-state index contributed by atoms with van der Waals surface area (Å²) in [6.07, 6.45) is 7.86. The highest BCUT2D eigenvalue weighted by atomic mass is 16.3. The molecule has 0 amide bonds. The third-order valence-electron chi connectivity index (χ3n) is 6.13. The van der Waals surface area contributed by atoms with Crippen LogP contribution in [-0.2, 0) is 12.8 Å². The molecule has 0 radical (unpaired) electrons. The molecule has 32 heavy (non-hydrogen) atoms. The summed E-state index contributed by atoms with van der Waals surface area (Å²) in [4.78, 5) is 5.88. The number of allylic oxidation sites excluding steroid dienone is 1. The number of phenolic OH excluding ortho intramolecular Hbond substituents is 2. The molecule has 0 spiro atoms. The fraction of sp³-hybridized carbons (Fsp3) is 0.500. The van der Waals surface area contributed by atoms with Crippen molar-refractivity contribution in [2.24, 2.45) is 5.92 Å². The van der Waals surface area contributed by atoms with Gasteiger partial charge in [0.2, 0.25) is 0 Å². The largest absolute Gasteiger partial charge is 0.504 e. The van der Waals surface area contributed by atoms with Crippen LogP contribution in [-0.4, -0.2) is 40.2 Å². The van der Waals surface area contributed by atoms with E-state index in [1.165, 1.54) is 16.8 Å². The summed E-state index contributed by atoms with van der Waals surface area (Å²) in [6, 6.07) is 3.47. The number of aromatic nitrogens is 1. The van der Waals surface area contributed by atoms with Gasteiger partial charge in [0.15, 0.2) is 11.5 Å². The van der Waals surface area contributed by atoms with Crippen molar-refractivity contribution >= 4 is 12.2 Å². The summed E-state index contributed by atoms with van der Waals surface area (Å²) >= 11 is 0. The van der Waals surface area contributed by atoms with Crippen molar-refractivity contribution in [1.82, 2.24) is 9.88 Å². The predicted octanol–water partition coefficient (Wildman–Crippen LogP) is 6.91. The Morgan fingerprint density at radius 3 is 2.38 bits per heavy atom. The first-order valence-corrected chi connectivity index (χ1v) is 12.1. The highest BCUT2D eigenvalue weighted by Gasteiger charge is 2.35. The summed E-state index contributed by atoms with van der Waals surface area (Å²) in [6.45, 7) is 20.1. The number of nitrogens with one attached hydrogen (secondary N) is 1. The predicted molar refractivity (Wildman–Crippen MR) is 140 cm³/mol. The van der Waals surface area contributed by atoms with E-state index >= 15 is 0 Å². The first kappa shape index (κ1) is 27.6. The Hall–Kier alpha value is -2.46. The average Bonchev–Trinajstić information content (AvgIpc) is 3.16. The molecule has 4 heteroatoms. The summed E-state index contributed by atoms with van der Waals surface area (Å²) in [5.41, 5.74) is 6.76. The number of benzene rings is 1. The summed E-state index contributed by atoms with van der Waals surface area (Å²) in [5.74, 6) is 0.480. The van der Waals surface area contributed by atoms with E-state index in [1.54, 1.807) is 6.07 Å². The summed E-state index contributed by atoms with van der Waals surface area (Å²) < 4.78 is 0. The van der Waals surface area contributed by atoms with Crippen LogP contribution in [0, 0.1) is 12.8 Å². The Kier molecular flexibility index (Phi) is 11.3. The second-order valence-electron chi connectivity index (χ2n) is 7.91. The van der Waals surface area contributed by atoms with Crippen LogP contribution in [0.1, 0.15) is 81.1 Å². The van der Waals surface area contributed by atoms with Crippen molar-refractivity contribution in [3.05, 3.63) is 58.4 Å². The number of hydrogen-bond acceptors (Lipinski definition) is 3. The van der Waals surface area contributed by atoms with Crippen LogP contribution < -0.4 is 0 Å². The van der Waals surface area contributed by atoms with Crippen LogP contribution >= 0.6 is 0 Å². The molecule has 4 nitrogen and oxygen atoms in total. The smallest absolute Gasteiger partial charge is 0.161 e. The Morgan fingerprint density at radius 2 is 1.81 bits per heavy atom. The molecule has 3 N–H and O–H groups in total.